The minimum atomic E-state index is -1.82. The Morgan fingerprint density at radius 1 is 0.844 bits per heavy atom. The van der Waals surface area contributed by atoms with Gasteiger partial charge in [0.15, 0.2) is 0 Å². The summed E-state index contributed by atoms with van der Waals surface area (Å²) in [6, 6.07) is 14.6. The maximum atomic E-state index is 12.7. The van der Waals surface area contributed by atoms with E-state index in [9.17, 15) is 14.9 Å². The average molecular weight is 635 g/mol. The van der Waals surface area contributed by atoms with Gasteiger partial charge in [0.05, 0.1) is 12.0 Å². The number of carboxylic acids is 4. The van der Waals surface area contributed by atoms with Crippen LogP contribution in [0.5, 0.6) is 5.75 Å². The van der Waals surface area contributed by atoms with Crippen molar-refractivity contribution >= 4 is 41.2 Å². The van der Waals surface area contributed by atoms with Gasteiger partial charge in [0.1, 0.15) is 5.75 Å². The lowest BCUT2D eigenvalue weighted by Gasteiger charge is -2.38. The van der Waals surface area contributed by atoms with E-state index in [1.807, 2.05) is 48.2 Å². The van der Waals surface area contributed by atoms with E-state index < -0.39 is 23.9 Å². The number of anilines is 1. The molecule has 1 aliphatic heterocycles. The molecule has 16 nitrogen and oxygen atoms in total. The first kappa shape index (κ1) is 37.9. The second-order valence-corrected chi connectivity index (χ2v) is 9.70. The van der Waals surface area contributed by atoms with Crippen molar-refractivity contribution in [2.75, 3.05) is 51.3 Å². The van der Waals surface area contributed by atoms with Crippen LogP contribution in [0.4, 0.5) is 11.4 Å². The first-order valence-electron chi connectivity index (χ1n) is 13.8. The molecular weight excluding hydrogens is 596 g/mol. The largest absolute Gasteiger partial charge is 0.497 e. The Bertz CT molecular complexity index is 1250. The molecule has 2 aromatic rings. The van der Waals surface area contributed by atoms with Crippen molar-refractivity contribution in [2.45, 2.75) is 32.7 Å². The van der Waals surface area contributed by atoms with E-state index in [2.05, 4.69) is 16.7 Å². The number of nitrogens with zero attached hydrogens (tertiary/aromatic N) is 4. The van der Waals surface area contributed by atoms with E-state index in [1.54, 1.807) is 19.2 Å². The van der Waals surface area contributed by atoms with Crippen LogP contribution in [0.15, 0.2) is 48.5 Å². The van der Waals surface area contributed by atoms with E-state index in [-0.39, 0.29) is 22.6 Å². The second-order valence-electron chi connectivity index (χ2n) is 9.70. The molecule has 1 amide bonds. The van der Waals surface area contributed by atoms with Crippen LogP contribution in [-0.2, 0) is 30.4 Å². The Morgan fingerprint density at radius 2 is 1.31 bits per heavy atom. The number of carbonyl (C=O) groups excluding carboxylic acids is 1. The van der Waals surface area contributed by atoms with Gasteiger partial charge >= 0.3 is 23.9 Å². The van der Waals surface area contributed by atoms with Crippen LogP contribution in [0, 0.1) is 10.1 Å². The van der Waals surface area contributed by atoms with E-state index in [0.717, 1.165) is 62.7 Å². The van der Waals surface area contributed by atoms with Crippen LogP contribution in [0.1, 0.15) is 25.8 Å². The number of carbonyl (C=O) groups is 5. The molecule has 1 saturated heterocycles. The topological polar surface area (TPSA) is 228 Å². The molecule has 0 bridgehead atoms. The Morgan fingerprint density at radius 3 is 1.71 bits per heavy atom. The number of hydrogen-bond donors (Lipinski definition) is 4. The number of carboxylic acid groups (broad SMARTS) is 4. The molecule has 0 radical (unpaired) electrons. The van der Waals surface area contributed by atoms with Crippen LogP contribution in [0.2, 0.25) is 0 Å². The van der Waals surface area contributed by atoms with Gasteiger partial charge in [-0.1, -0.05) is 19.1 Å². The molecule has 0 spiro atoms. The fraction of sp³-hybridized carbons (Fsp3) is 0.414. The predicted octanol–water partition coefficient (Wildman–Crippen LogP) is 1.91. The summed E-state index contributed by atoms with van der Waals surface area (Å²) in [5.41, 5.74) is 2.15. The Kier molecular flexibility index (Phi) is 16.2. The number of non-ortho nitro benzene ring substituents is 1. The van der Waals surface area contributed by atoms with Crippen molar-refractivity contribution in [1.82, 2.24) is 9.80 Å². The number of ether oxygens (including phenoxy) is 1. The zero-order valence-electron chi connectivity index (χ0n) is 25.2. The Hall–Kier alpha value is -5.09. The maximum absolute atomic E-state index is 12.7. The van der Waals surface area contributed by atoms with Crippen molar-refractivity contribution in [3.63, 3.8) is 0 Å². The summed E-state index contributed by atoms with van der Waals surface area (Å²) in [7, 11) is 1.64. The van der Waals surface area contributed by atoms with Crippen LogP contribution >= 0.6 is 0 Å². The summed E-state index contributed by atoms with van der Waals surface area (Å²) >= 11 is 0. The van der Waals surface area contributed by atoms with E-state index >= 15 is 0 Å². The average Bonchev–Trinajstić information content (AvgIpc) is 3.01. The van der Waals surface area contributed by atoms with Gasteiger partial charge < -0.3 is 35.0 Å². The molecule has 1 unspecified atom stereocenters. The number of benzene rings is 2. The normalized spacial score (nSPS) is 13.5. The number of aliphatic carboxylic acids is 4. The molecule has 3 rings (SSSR count). The Balaban J connectivity index is 0.000000714. The fourth-order valence-electron chi connectivity index (χ4n) is 4.28. The third-order valence-corrected chi connectivity index (χ3v) is 6.58. The lowest BCUT2D eigenvalue weighted by Crippen LogP contribution is -2.52. The van der Waals surface area contributed by atoms with Gasteiger partial charge in [0.25, 0.3) is 5.69 Å². The number of nitro groups is 1. The van der Waals surface area contributed by atoms with Crippen LogP contribution in [0.25, 0.3) is 0 Å². The predicted molar refractivity (Wildman–Crippen MR) is 160 cm³/mol. The number of amides is 1. The minimum Gasteiger partial charge on any atom is -0.497 e. The molecule has 1 heterocycles. The summed E-state index contributed by atoms with van der Waals surface area (Å²) < 4.78 is 5.25. The fourth-order valence-corrected chi connectivity index (χ4v) is 4.28. The monoisotopic (exact) mass is 634 g/mol. The highest BCUT2D eigenvalue weighted by molar-refractivity contribution is 6.27. The van der Waals surface area contributed by atoms with Crippen LogP contribution in [0.3, 0.4) is 0 Å². The molecular formula is C29H38N4O12. The maximum Gasteiger partial charge on any atom is 0.414 e. The highest BCUT2D eigenvalue weighted by atomic mass is 16.6. The Labute approximate surface area is 259 Å². The number of nitro benzene ring substituents is 1. The number of piperazine rings is 1. The zero-order valence-corrected chi connectivity index (χ0v) is 25.2. The van der Waals surface area contributed by atoms with Gasteiger partial charge in [-0.3, -0.25) is 19.8 Å². The first-order chi connectivity index (χ1) is 21.2. The van der Waals surface area contributed by atoms with Gasteiger partial charge in [-0.2, -0.15) is 0 Å². The van der Waals surface area contributed by atoms with Crippen molar-refractivity contribution in [1.29, 1.82) is 0 Å². The molecule has 246 valence electrons. The minimum absolute atomic E-state index is 0.0671. The van der Waals surface area contributed by atoms with Crippen LogP contribution in [-0.4, -0.2) is 117 Å². The summed E-state index contributed by atoms with van der Waals surface area (Å²) in [6.07, 6.45) is 1.34. The van der Waals surface area contributed by atoms with E-state index in [1.165, 1.54) is 0 Å². The quantitative estimate of drug-likeness (QED) is 0.166. The lowest BCUT2D eigenvalue weighted by molar-refractivity contribution is -0.384. The third-order valence-electron chi connectivity index (χ3n) is 6.58. The van der Waals surface area contributed by atoms with Gasteiger partial charge in [0, 0.05) is 69.6 Å². The highest BCUT2D eigenvalue weighted by Gasteiger charge is 2.25. The molecule has 0 aliphatic carbocycles. The standard InChI is InChI=1S/C25H34N4O4.2C2H2O4/c1-4-25(30)28(22-9-11-24(33-3)12-10-22)20(2)19-27-17-15-26(16-18-27)14-13-21-5-7-23(8-6-21)29(31)32;2*3-1(4)2(5)6/h5-12,20H,4,13-19H2,1-3H3;2*(H,3,4)(H,5,6). The summed E-state index contributed by atoms with van der Waals surface area (Å²) in [6.45, 7) is 9.65. The molecule has 0 aromatic heterocycles. The van der Waals surface area contributed by atoms with Crippen molar-refractivity contribution in [2.24, 2.45) is 0 Å². The summed E-state index contributed by atoms with van der Waals surface area (Å²) in [5.74, 6) is -6.40. The molecule has 1 aliphatic rings. The van der Waals surface area contributed by atoms with Crippen molar-refractivity contribution in [3.8, 4) is 5.75 Å². The zero-order chi connectivity index (χ0) is 34.1. The highest BCUT2D eigenvalue weighted by Crippen LogP contribution is 2.23. The summed E-state index contributed by atoms with van der Waals surface area (Å²) in [5, 5.41) is 40.4. The smallest absolute Gasteiger partial charge is 0.414 e. The van der Waals surface area contributed by atoms with Gasteiger partial charge in [-0.15, -0.1) is 0 Å². The third kappa shape index (κ3) is 13.8. The summed E-state index contributed by atoms with van der Waals surface area (Å²) in [4.78, 5) is 66.3. The van der Waals surface area contributed by atoms with Crippen LogP contribution < -0.4 is 9.64 Å². The molecule has 45 heavy (non-hydrogen) atoms. The molecule has 2 aromatic carbocycles. The van der Waals surface area contributed by atoms with Gasteiger partial charge in [-0.05, 0) is 43.2 Å². The van der Waals surface area contributed by atoms with E-state index in [4.69, 9.17) is 44.3 Å². The number of rotatable bonds is 10. The molecule has 4 N–H and O–H groups in total. The lowest BCUT2D eigenvalue weighted by atomic mass is 10.1. The molecule has 1 fully saturated rings. The van der Waals surface area contributed by atoms with Crippen molar-refractivity contribution in [3.05, 3.63) is 64.2 Å². The SMILES string of the molecule is CCC(=O)N(c1ccc(OC)cc1)C(C)CN1CCN(CCc2ccc([N+](=O)[O-])cc2)CC1.O=C(O)C(=O)O.O=C(O)C(=O)O. The second kappa shape index (κ2) is 19.2. The van der Waals surface area contributed by atoms with Gasteiger partial charge in [0.2, 0.25) is 5.91 Å². The van der Waals surface area contributed by atoms with Crippen molar-refractivity contribution < 1.29 is 54.1 Å². The first-order valence-corrected chi connectivity index (χ1v) is 13.8. The molecule has 1 atom stereocenters. The van der Waals surface area contributed by atoms with E-state index in [0.29, 0.717) is 6.42 Å². The van der Waals surface area contributed by atoms with Gasteiger partial charge in [-0.25, -0.2) is 19.2 Å². The number of methoxy groups -OCH3 is 1. The molecule has 16 heteroatoms. The molecule has 0 saturated carbocycles. The number of hydrogen-bond acceptors (Lipinski definition) is 10.